The van der Waals surface area contributed by atoms with Gasteiger partial charge in [0.05, 0.1) is 26.4 Å². The molecule has 2 amide bonds. The minimum atomic E-state index is -0.749. The number of carbonyl (C=O) groups is 5. The highest BCUT2D eigenvalue weighted by Gasteiger charge is 2.30. The molecule has 0 saturated heterocycles. The summed E-state index contributed by atoms with van der Waals surface area (Å²) in [5.74, 6) is -1.97. The second-order valence-electron chi connectivity index (χ2n) is 18.5. The lowest BCUT2D eigenvalue weighted by atomic mass is 9.94. The van der Waals surface area contributed by atoms with E-state index in [0.29, 0.717) is 39.3 Å². The van der Waals surface area contributed by atoms with Crippen molar-refractivity contribution in [2.75, 3.05) is 53.7 Å². The Hall–Kier alpha value is -5.57. The lowest BCUT2D eigenvalue weighted by Gasteiger charge is -2.28. The van der Waals surface area contributed by atoms with Crippen LogP contribution >= 0.6 is 0 Å². The van der Waals surface area contributed by atoms with Crippen molar-refractivity contribution >= 4 is 40.6 Å². The minimum Gasteiger partial charge on any atom is -0.460 e. The fourth-order valence-electron chi connectivity index (χ4n) is 7.88. The Bertz CT molecular complexity index is 2190. The van der Waals surface area contributed by atoms with Crippen LogP contribution in [0.4, 0.5) is 4.79 Å². The van der Waals surface area contributed by atoms with Gasteiger partial charge in [0, 0.05) is 82.5 Å². The molecule has 0 saturated carbocycles. The van der Waals surface area contributed by atoms with Crippen LogP contribution in [0.25, 0.3) is 22.0 Å². The Labute approximate surface area is 383 Å². The number of esters is 2. The number of rotatable bonds is 24. The van der Waals surface area contributed by atoms with Gasteiger partial charge in [-0.3, -0.25) is 19.2 Å². The second-order valence-corrected chi connectivity index (χ2v) is 18.5. The van der Waals surface area contributed by atoms with Gasteiger partial charge in [0.1, 0.15) is 23.6 Å². The summed E-state index contributed by atoms with van der Waals surface area (Å²) in [7, 11) is 3.50. The number of hydrogen-bond acceptors (Lipinski definition) is 11. The summed E-state index contributed by atoms with van der Waals surface area (Å²) >= 11 is 0. The highest BCUT2D eigenvalue weighted by Crippen LogP contribution is 2.44. The first-order chi connectivity index (χ1) is 30.9. The van der Waals surface area contributed by atoms with E-state index in [9.17, 15) is 24.0 Å². The monoisotopic (exact) mass is 896 g/mol. The number of nitrogens with one attached hydrogen (secondary N) is 1. The molecule has 3 aromatic carbocycles. The average molecular weight is 897 g/mol. The summed E-state index contributed by atoms with van der Waals surface area (Å²) in [5, 5.41) is 7.11. The molecule has 1 atom stereocenters. The predicted molar refractivity (Wildman–Crippen MR) is 249 cm³/mol. The number of para-hydroxylation sites is 1. The summed E-state index contributed by atoms with van der Waals surface area (Å²) in [5.41, 5.74) is 5.23. The molecule has 1 N–H and O–H groups in total. The van der Waals surface area contributed by atoms with Crippen molar-refractivity contribution < 1.29 is 47.7 Å². The van der Waals surface area contributed by atoms with Crippen molar-refractivity contribution in [3.8, 4) is 11.1 Å². The standard InChI is InChI=1S/C51H68N4O10/c1-50(2,3)64-46(57)22-15-28-61-30-31-62-29-26-52-48(59)37(23-24-47(58)65-51(4,5)6)33-39(56)25-27-55-38(32-36-16-9-14-21-45(36)55)34-53(7)54(8)49(60)63-35-44-42-19-12-10-17-40(42)41-18-11-13-20-43(41)44/h9-14,16-21,32,37,44H,15,22-31,33-35H2,1-8H3,(H,52,59)/t37-/m1/s1. The second kappa shape index (κ2) is 23.6. The quantitative estimate of drug-likeness (QED) is 0.0313. The van der Waals surface area contributed by atoms with Crippen molar-refractivity contribution in [3.05, 3.63) is 95.7 Å². The fraction of sp³-hybridized carbons (Fsp3) is 0.510. The summed E-state index contributed by atoms with van der Waals surface area (Å²) in [6, 6.07) is 26.4. The van der Waals surface area contributed by atoms with E-state index < -0.39 is 29.2 Å². The number of Topliss-reactive ketones (excluding diaryl/α,β-unsaturated/α-hetero) is 1. The average Bonchev–Trinajstić information content (AvgIpc) is 3.76. The molecular weight excluding hydrogens is 829 g/mol. The van der Waals surface area contributed by atoms with Crippen LogP contribution in [-0.4, -0.2) is 109 Å². The van der Waals surface area contributed by atoms with E-state index in [0.717, 1.165) is 38.9 Å². The van der Waals surface area contributed by atoms with Crippen molar-refractivity contribution in [1.29, 1.82) is 0 Å². The SMILES string of the molecule is CN(Cc1cc2ccccc2n1CCC(=O)C[C@@H](CCC(=O)OC(C)(C)C)C(=O)NCCOCCOCCCC(=O)OC(C)(C)C)N(C)C(=O)OCC1c2ccccc2-c2ccccc21. The zero-order chi connectivity index (χ0) is 47.1. The van der Waals surface area contributed by atoms with Crippen LogP contribution < -0.4 is 5.32 Å². The number of amides is 2. The molecule has 65 heavy (non-hydrogen) atoms. The molecule has 0 bridgehead atoms. The summed E-state index contributed by atoms with van der Waals surface area (Å²) in [6.07, 6.45) is 0.565. The molecule has 5 rings (SSSR count). The van der Waals surface area contributed by atoms with E-state index in [2.05, 4.69) is 40.2 Å². The molecule has 1 aromatic heterocycles. The maximum absolute atomic E-state index is 13.7. The summed E-state index contributed by atoms with van der Waals surface area (Å²) in [6.45, 7) is 13.2. The number of carbonyl (C=O) groups excluding carboxylic acids is 5. The molecule has 0 aliphatic heterocycles. The van der Waals surface area contributed by atoms with Crippen molar-refractivity contribution in [1.82, 2.24) is 19.9 Å². The Morgan fingerprint density at radius 2 is 1.31 bits per heavy atom. The Balaban J connectivity index is 1.12. The van der Waals surface area contributed by atoms with E-state index in [1.165, 1.54) is 5.01 Å². The highest BCUT2D eigenvalue weighted by molar-refractivity contribution is 5.87. The van der Waals surface area contributed by atoms with Crippen molar-refractivity contribution in [3.63, 3.8) is 0 Å². The van der Waals surface area contributed by atoms with Gasteiger partial charge in [-0.2, -0.15) is 0 Å². The van der Waals surface area contributed by atoms with Gasteiger partial charge >= 0.3 is 18.0 Å². The first kappa shape index (κ1) is 50.4. The van der Waals surface area contributed by atoms with Gasteiger partial charge in [0.2, 0.25) is 5.91 Å². The van der Waals surface area contributed by atoms with Gasteiger partial charge in [-0.25, -0.2) is 14.8 Å². The van der Waals surface area contributed by atoms with E-state index in [-0.39, 0.29) is 75.4 Å². The van der Waals surface area contributed by atoms with E-state index in [1.807, 2.05) is 76.3 Å². The number of hydrogen-bond donors (Lipinski definition) is 1. The molecule has 352 valence electrons. The third kappa shape index (κ3) is 15.5. The van der Waals surface area contributed by atoms with E-state index >= 15 is 0 Å². The van der Waals surface area contributed by atoms with Crippen LogP contribution in [0.15, 0.2) is 78.9 Å². The number of fused-ring (bicyclic) bond motifs is 4. The molecule has 1 heterocycles. The van der Waals surface area contributed by atoms with E-state index in [4.69, 9.17) is 23.7 Å². The number of ketones is 1. The molecule has 0 unspecified atom stereocenters. The van der Waals surface area contributed by atoms with Crippen LogP contribution in [-0.2, 0) is 56.0 Å². The normalized spacial score (nSPS) is 13.0. The Morgan fingerprint density at radius 1 is 0.723 bits per heavy atom. The zero-order valence-corrected chi connectivity index (χ0v) is 39.5. The minimum absolute atomic E-state index is 0.0136. The largest absolute Gasteiger partial charge is 0.460 e. The van der Waals surface area contributed by atoms with Gasteiger partial charge in [0.25, 0.3) is 0 Å². The van der Waals surface area contributed by atoms with Gasteiger partial charge in [-0.05, 0) is 94.2 Å². The number of aryl methyl sites for hydroxylation is 1. The number of aromatic nitrogens is 1. The molecule has 14 nitrogen and oxygen atoms in total. The highest BCUT2D eigenvalue weighted by atomic mass is 16.6. The first-order valence-corrected chi connectivity index (χ1v) is 22.7. The smallest absolute Gasteiger partial charge is 0.424 e. The predicted octanol–water partition coefficient (Wildman–Crippen LogP) is 8.23. The van der Waals surface area contributed by atoms with Gasteiger partial charge < -0.3 is 33.6 Å². The van der Waals surface area contributed by atoms with Crippen molar-refractivity contribution in [2.45, 2.75) is 110 Å². The topological polar surface area (TPSA) is 155 Å². The molecule has 0 radical (unpaired) electrons. The van der Waals surface area contributed by atoms with Crippen LogP contribution in [0.1, 0.15) is 103 Å². The van der Waals surface area contributed by atoms with Crippen LogP contribution in [0.5, 0.6) is 0 Å². The van der Waals surface area contributed by atoms with E-state index in [1.54, 1.807) is 32.8 Å². The fourth-order valence-corrected chi connectivity index (χ4v) is 7.88. The lowest BCUT2D eigenvalue weighted by molar-refractivity contribution is -0.156. The zero-order valence-electron chi connectivity index (χ0n) is 39.5. The van der Waals surface area contributed by atoms with Crippen LogP contribution in [0.2, 0.25) is 0 Å². The Morgan fingerprint density at radius 3 is 1.95 bits per heavy atom. The molecule has 1 aliphatic carbocycles. The molecule has 4 aromatic rings. The molecule has 14 heteroatoms. The van der Waals surface area contributed by atoms with Gasteiger partial charge in [-0.1, -0.05) is 66.7 Å². The Kier molecular flexibility index (Phi) is 18.3. The lowest BCUT2D eigenvalue weighted by Crippen LogP contribution is -2.41. The van der Waals surface area contributed by atoms with Gasteiger partial charge in [0.15, 0.2) is 0 Å². The third-order valence-corrected chi connectivity index (χ3v) is 11.0. The molecular formula is C51H68N4O10. The number of ether oxygens (including phenoxy) is 5. The van der Waals surface area contributed by atoms with Gasteiger partial charge in [-0.15, -0.1) is 0 Å². The number of benzene rings is 3. The summed E-state index contributed by atoms with van der Waals surface area (Å²) < 4.78 is 30.0. The molecule has 0 spiro atoms. The van der Waals surface area contributed by atoms with Crippen LogP contribution in [0.3, 0.4) is 0 Å². The molecule has 0 fully saturated rings. The maximum atomic E-state index is 13.7. The van der Waals surface area contributed by atoms with Crippen LogP contribution in [0, 0.1) is 5.92 Å². The third-order valence-electron chi connectivity index (χ3n) is 11.0. The first-order valence-electron chi connectivity index (χ1n) is 22.7. The molecule has 1 aliphatic rings. The summed E-state index contributed by atoms with van der Waals surface area (Å²) in [4.78, 5) is 65.2. The number of hydrazine groups is 1. The van der Waals surface area contributed by atoms with Crippen molar-refractivity contribution in [2.24, 2.45) is 5.92 Å². The number of nitrogens with zero attached hydrogens (tertiary/aromatic N) is 3. The maximum Gasteiger partial charge on any atom is 0.424 e.